The summed E-state index contributed by atoms with van der Waals surface area (Å²) in [7, 11) is 0. The molecule has 0 aliphatic carbocycles. The zero-order valence-corrected chi connectivity index (χ0v) is 30.8. The predicted octanol–water partition coefficient (Wildman–Crippen LogP) is 3.43. The second-order valence-corrected chi connectivity index (χ2v) is 15.4. The molecule has 290 valence electrons. The van der Waals surface area contributed by atoms with Gasteiger partial charge in [0.15, 0.2) is 5.65 Å². The molecule has 0 bridgehead atoms. The highest BCUT2D eigenvalue weighted by Crippen LogP contribution is 2.38. The average molecular weight is 771 g/mol. The highest BCUT2D eigenvalue weighted by Gasteiger charge is 2.47. The Morgan fingerprint density at radius 1 is 0.789 bits per heavy atom. The number of piperidine rings is 2. The molecule has 3 aromatic carbocycles. The lowest BCUT2D eigenvalue weighted by Crippen LogP contribution is -2.70. The number of anilines is 2. The molecule has 5 aromatic rings. The van der Waals surface area contributed by atoms with Crippen LogP contribution in [0.3, 0.4) is 0 Å². The Bertz CT molecular complexity index is 2430. The lowest BCUT2D eigenvalue weighted by molar-refractivity contribution is -0.136. The maximum absolute atomic E-state index is 16.2. The highest BCUT2D eigenvalue weighted by atomic mass is 19.1. The molecular formula is C41H39FN10O5. The number of hydrogen-bond donors (Lipinski definition) is 2. The minimum atomic E-state index is -1.17. The molecule has 3 N–H and O–H groups in total. The fraction of sp³-hybridized carbons (Fsp3) is 0.341. The molecule has 0 spiro atoms. The van der Waals surface area contributed by atoms with E-state index >= 15 is 4.39 Å². The van der Waals surface area contributed by atoms with Crippen LogP contribution in [0.4, 0.5) is 15.9 Å². The van der Waals surface area contributed by atoms with Crippen LogP contribution in [0.15, 0.2) is 79.1 Å². The quantitative estimate of drug-likeness (QED) is 0.221. The van der Waals surface area contributed by atoms with Crippen LogP contribution in [-0.2, 0) is 9.59 Å². The van der Waals surface area contributed by atoms with Crippen molar-refractivity contribution in [2.45, 2.75) is 49.6 Å². The van der Waals surface area contributed by atoms with Crippen LogP contribution in [0.1, 0.15) is 46.0 Å². The van der Waals surface area contributed by atoms with Crippen LogP contribution in [0, 0.1) is 0 Å². The van der Waals surface area contributed by atoms with Crippen molar-refractivity contribution in [1.82, 2.24) is 39.8 Å². The molecule has 7 heterocycles. The van der Waals surface area contributed by atoms with Gasteiger partial charge in [-0.05, 0) is 67.4 Å². The highest BCUT2D eigenvalue weighted by molar-refractivity contribution is 6.23. The van der Waals surface area contributed by atoms with E-state index in [9.17, 15) is 19.2 Å². The van der Waals surface area contributed by atoms with Gasteiger partial charge in [-0.1, -0.05) is 18.2 Å². The first-order chi connectivity index (χ1) is 27.7. The SMILES string of the molecule is Nc1ncnc2c1c(-c1ccc(Oc3ccccc3)cc1)nn2[C@H]1CCN(C2CN(C3CN(c4ccc5c(c4)C(=O)N([C@@H]4CCC(=O)NC4=O)C5=O)C3)C2)C[C@@H]1F. The predicted molar refractivity (Wildman–Crippen MR) is 206 cm³/mol. The number of benzene rings is 3. The molecule has 16 heteroatoms. The number of ether oxygens (including phenoxy) is 1. The smallest absolute Gasteiger partial charge is 0.262 e. The first-order valence-corrected chi connectivity index (χ1v) is 19.2. The average Bonchev–Trinajstić information content (AvgIpc) is 3.68. The van der Waals surface area contributed by atoms with Crippen molar-refractivity contribution < 1.29 is 28.3 Å². The molecule has 5 aliphatic rings. The van der Waals surface area contributed by atoms with E-state index in [0.29, 0.717) is 47.3 Å². The maximum atomic E-state index is 16.2. The zero-order chi connectivity index (χ0) is 38.9. The van der Waals surface area contributed by atoms with Gasteiger partial charge in [0.1, 0.15) is 41.6 Å². The topological polar surface area (TPSA) is 172 Å². The molecule has 2 aromatic heterocycles. The number of likely N-dealkylation sites (tertiary alicyclic amines) is 2. The van der Waals surface area contributed by atoms with Crippen molar-refractivity contribution in [2.75, 3.05) is 49.9 Å². The summed E-state index contributed by atoms with van der Waals surface area (Å²) in [5, 5.41) is 7.74. The van der Waals surface area contributed by atoms with Gasteiger partial charge < -0.3 is 15.4 Å². The normalized spacial score (nSPS) is 23.4. The molecule has 4 amide bonds. The number of hydrogen-bond acceptors (Lipinski definition) is 12. The number of alkyl halides is 1. The van der Waals surface area contributed by atoms with Crippen molar-refractivity contribution >= 4 is 46.2 Å². The molecule has 4 fully saturated rings. The number of imide groups is 2. The van der Waals surface area contributed by atoms with Gasteiger partial charge in [0.05, 0.1) is 22.6 Å². The van der Waals surface area contributed by atoms with Gasteiger partial charge in [-0.3, -0.25) is 39.2 Å². The number of nitrogen functional groups attached to an aromatic ring is 1. The van der Waals surface area contributed by atoms with Gasteiger partial charge in [0.25, 0.3) is 11.8 Å². The minimum Gasteiger partial charge on any atom is -0.457 e. The summed E-state index contributed by atoms with van der Waals surface area (Å²) in [6.45, 7) is 4.23. The Balaban J connectivity index is 0.753. The number of fused-ring (bicyclic) bond motifs is 2. The van der Waals surface area contributed by atoms with Gasteiger partial charge in [-0.25, -0.2) is 19.0 Å². The molecular weight excluding hydrogens is 732 g/mol. The monoisotopic (exact) mass is 770 g/mol. The molecule has 5 aliphatic heterocycles. The van der Waals surface area contributed by atoms with E-state index in [-0.39, 0.29) is 30.0 Å². The number of nitrogens with one attached hydrogen (secondary N) is 1. The first kappa shape index (κ1) is 35.2. The second-order valence-electron chi connectivity index (χ2n) is 15.4. The van der Waals surface area contributed by atoms with E-state index in [1.54, 1.807) is 16.8 Å². The van der Waals surface area contributed by atoms with Crippen molar-refractivity contribution in [3.63, 3.8) is 0 Å². The molecule has 0 unspecified atom stereocenters. The second kappa shape index (κ2) is 13.7. The molecule has 0 radical (unpaired) electrons. The van der Waals surface area contributed by atoms with E-state index in [0.717, 1.165) is 54.6 Å². The molecule has 15 nitrogen and oxygen atoms in total. The fourth-order valence-electron chi connectivity index (χ4n) is 8.83. The van der Waals surface area contributed by atoms with E-state index in [1.165, 1.54) is 6.33 Å². The van der Waals surface area contributed by atoms with Crippen LogP contribution < -0.4 is 20.7 Å². The van der Waals surface area contributed by atoms with Crippen molar-refractivity contribution in [2.24, 2.45) is 0 Å². The Kier molecular flexibility index (Phi) is 8.48. The Hall–Kier alpha value is -6.26. The molecule has 4 saturated heterocycles. The lowest BCUT2D eigenvalue weighted by Gasteiger charge is -2.55. The fourth-order valence-corrected chi connectivity index (χ4v) is 8.83. The van der Waals surface area contributed by atoms with Gasteiger partial charge >= 0.3 is 0 Å². The zero-order valence-electron chi connectivity index (χ0n) is 30.8. The van der Waals surface area contributed by atoms with Gasteiger partial charge in [0, 0.05) is 69.0 Å². The van der Waals surface area contributed by atoms with Crippen LogP contribution >= 0.6 is 0 Å². The summed E-state index contributed by atoms with van der Waals surface area (Å²) in [5.74, 6) is -0.353. The van der Waals surface area contributed by atoms with Crippen LogP contribution in [0.2, 0.25) is 0 Å². The Morgan fingerprint density at radius 3 is 2.28 bits per heavy atom. The van der Waals surface area contributed by atoms with Crippen LogP contribution in [0.5, 0.6) is 11.5 Å². The molecule has 10 rings (SSSR count). The number of para-hydroxylation sites is 1. The van der Waals surface area contributed by atoms with E-state index < -0.39 is 41.9 Å². The summed E-state index contributed by atoms with van der Waals surface area (Å²) in [4.78, 5) is 67.0. The number of carbonyl (C=O) groups is 4. The number of halogens is 1. The summed E-state index contributed by atoms with van der Waals surface area (Å²) in [5.41, 5.74) is 9.66. The third-order valence-corrected chi connectivity index (χ3v) is 12.1. The Morgan fingerprint density at radius 2 is 1.53 bits per heavy atom. The summed E-state index contributed by atoms with van der Waals surface area (Å²) in [6, 6.07) is 21.4. The number of carbonyl (C=O) groups excluding carboxylic acids is 4. The Labute approximate surface area is 326 Å². The number of rotatable bonds is 8. The standard InChI is InChI=1S/C41H39FN10O5/c42-31-21-48(15-14-32(31)52-38-35(37(43)44-22-45-38)36(47-52)23-6-9-28(10-7-23)57-27-4-2-1-3-5-27)25-17-50(18-25)26-19-49(20-26)24-8-11-29-30(16-24)41(56)51(40(29)55)33-12-13-34(53)46-39(33)54/h1-11,16,22,25-26,31-33H,12-15,17-21H2,(H2,43,44,45)(H,46,53,54)/t31-,32-,33+/m0/s1. The number of nitrogens with two attached hydrogens (primary N) is 1. The number of aromatic nitrogens is 4. The first-order valence-electron chi connectivity index (χ1n) is 19.2. The lowest BCUT2D eigenvalue weighted by atomic mass is 9.94. The van der Waals surface area contributed by atoms with E-state index in [4.69, 9.17) is 15.6 Å². The molecule has 3 atom stereocenters. The van der Waals surface area contributed by atoms with Crippen LogP contribution in [-0.4, -0.2) is 122 Å². The van der Waals surface area contributed by atoms with Crippen LogP contribution in [0.25, 0.3) is 22.3 Å². The van der Waals surface area contributed by atoms with Crippen molar-refractivity contribution in [1.29, 1.82) is 0 Å². The summed E-state index contributed by atoms with van der Waals surface area (Å²) < 4.78 is 23.9. The van der Waals surface area contributed by atoms with Crippen molar-refractivity contribution in [3.05, 3.63) is 90.3 Å². The minimum absolute atomic E-state index is 0.0763. The van der Waals surface area contributed by atoms with Gasteiger partial charge in [0.2, 0.25) is 11.8 Å². The van der Waals surface area contributed by atoms with E-state index in [2.05, 4.69) is 30.0 Å². The number of nitrogens with zero attached hydrogens (tertiary/aromatic N) is 8. The number of amides is 4. The maximum Gasteiger partial charge on any atom is 0.262 e. The summed E-state index contributed by atoms with van der Waals surface area (Å²) >= 11 is 0. The van der Waals surface area contributed by atoms with Gasteiger partial charge in [-0.2, -0.15) is 5.10 Å². The molecule has 57 heavy (non-hydrogen) atoms. The third-order valence-electron chi connectivity index (χ3n) is 12.1. The third kappa shape index (κ3) is 6.06. The molecule has 0 saturated carbocycles. The summed E-state index contributed by atoms with van der Waals surface area (Å²) in [6.07, 6.45) is 0.993. The van der Waals surface area contributed by atoms with Crippen molar-refractivity contribution in [3.8, 4) is 22.8 Å². The van der Waals surface area contributed by atoms with Gasteiger partial charge in [-0.15, -0.1) is 0 Å². The largest absolute Gasteiger partial charge is 0.457 e. The van der Waals surface area contributed by atoms with E-state index in [1.807, 2.05) is 60.7 Å².